The minimum Gasteiger partial charge on any atom is -0.308 e. The van der Waals surface area contributed by atoms with E-state index in [1.807, 2.05) is 6.07 Å². The van der Waals surface area contributed by atoms with Gasteiger partial charge in [0.15, 0.2) is 0 Å². The number of carbonyl (C=O) groups is 1. The largest absolute Gasteiger partial charge is 0.350 e. The first kappa shape index (κ1) is 20.9. The normalized spacial score (nSPS) is 11.4. The lowest BCUT2D eigenvalue weighted by Crippen LogP contribution is -2.33. The Kier molecular flexibility index (Phi) is 7.69. The van der Waals surface area contributed by atoms with Crippen molar-refractivity contribution in [2.24, 2.45) is 0 Å². The number of anilines is 1. The number of benzene rings is 2. The molecule has 0 unspecified atom stereocenters. The predicted octanol–water partition coefficient (Wildman–Crippen LogP) is 5.86. The molecule has 1 amide bonds. The summed E-state index contributed by atoms with van der Waals surface area (Å²) in [7, 11) is -3.53. The predicted molar refractivity (Wildman–Crippen MR) is 105 cm³/mol. The Hall–Kier alpha value is -1.36. The topological polar surface area (TPSA) is 55.8 Å². The van der Waals surface area contributed by atoms with Crippen LogP contribution in [-0.2, 0) is 13.6 Å². The lowest BCUT2D eigenvalue weighted by Gasteiger charge is -2.27. The Bertz CT molecular complexity index is 771. The van der Waals surface area contributed by atoms with Crippen LogP contribution in [0.4, 0.5) is 5.69 Å². The summed E-state index contributed by atoms with van der Waals surface area (Å²) in [5.74, 6) is -0.480. The number of nitrogens with zero attached hydrogens (tertiary/aromatic N) is 1. The molecule has 0 aliphatic heterocycles. The van der Waals surface area contributed by atoms with Crippen LogP contribution >= 0.6 is 30.8 Å². The van der Waals surface area contributed by atoms with Gasteiger partial charge in [-0.15, -0.1) is 0 Å². The summed E-state index contributed by atoms with van der Waals surface area (Å²) >= 11 is 12.4. The van der Waals surface area contributed by atoms with Crippen LogP contribution in [-0.4, -0.2) is 25.4 Å². The second-order valence-electron chi connectivity index (χ2n) is 5.25. The van der Waals surface area contributed by atoms with E-state index < -0.39 is 13.5 Å². The summed E-state index contributed by atoms with van der Waals surface area (Å²) in [5.41, 5.74) is 0.673. The summed E-state index contributed by atoms with van der Waals surface area (Å²) in [4.78, 5) is 14.5. The van der Waals surface area contributed by atoms with E-state index in [1.165, 1.54) is 4.90 Å². The van der Waals surface area contributed by atoms with E-state index in [2.05, 4.69) is 0 Å². The third kappa shape index (κ3) is 5.09. The molecule has 26 heavy (non-hydrogen) atoms. The van der Waals surface area contributed by atoms with Gasteiger partial charge in [-0.1, -0.05) is 47.5 Å². The highest BCUT2D eigenvalue weighted by atomic mass is 35.5. The van der Waals surface area contributed by atoms with Crippen molar-refractivity contribution in [3.63, 3.8) is 0 Å². The van der Waals surface area contributed by atoms with Crippen molar-refractivity contribution in [3.8, 4) is 0 Å². The van der Waals surface area contributed by atoms with Crippen LogP contribution in [0.25, 0.3) is 0 Å². The SMILES string of the molecule is CCOP(=O)(CN(C(=O)c1c(Cl)cccc1Cl)c1ccccc1)OCC. The lowest BCUT2D eigenvalue weighted by atomic mass is 10.2. The summed E-state index contributed by atoms with van der Waals surface area (Å²) in [6.07, 6.45) is -0.251. The molecule has 0 heterocycles. The molecule has 0 saturated carbocycles. The monoisotopic (exact) mass is 415 g/mol. The van der Waals surface area contributed by atoms with Gasteiger partial charge >= 0.3 is 7.60 Å². The Labute approximate surface area is 163 Å². The smallest absolute Gasteiger partial charge is 0.308 e. The molecule has 0 atom stereocenters. The Balaban J connectivity index is 2.48. The Morgan fingerprint density at radius 2 is 1.50 bits per heavy atom. The molecule has 5 nitrogen and oxygen atoms in total. The Morgan fingerprint density at radius 3 is 2.00 bits per heavy atom. The first-order chi connectivity index (χ1) is 12.4. The number of rotatable bonds is 8. The third-order valence-electron chi connectivity index (χ3n) is 3.46. The number of amides is 1. The van der Waals surface area contributed by atoms with E-state index in [1.54, 1.807) is 56.3 Å². The second kappa shape index (κ2) is 9.54. The summed E-state index contributed by atoms with van der Waals surface area (Å²) in [6.45, 7) is 3.82. The summed E-state index contributed by atoms with van der Waals surface area (Å²) < 4.78 is 23.7. The van der Waals surface area contributed by atoms with Gasteiger partial charge in [0, 0.05) is 5.69 Å². The third-order valence-corrected chi connectivity index (χ3v) is 6.02. The highest BCUT2D eigenvalue weighted by Gasteiger charge is 2.32. The zero-order valence-electron chi connectivity index (χ0n) is 14.5. The summed E-state index contributed by atoms with van der Waals surface area (Å²) in [5, 5.41) is 0.428. The van der Waals surface area contributed by atoms with Crippen LogP contribution in [0.2, 0.25) is 10.0 Å². The molecule has 2 aromatic rings. The van der Waals surface area contributed by atoms with Crippen LogP contribution in [0.3, 0.4) is 0 Å². The molecule has 0 saturated heterocycles. The fraction of sp³-hybridized carbons (Fsp3) is 0.278. The molecule has 8 heteroatoms. The van der Waals surface area contributed by atoms with Gasteiger partial charge < -0.3 is 9.05 Å². The Morgan fingerprint density at radius 1 is 0.962 bits per heavy atom. The molecule has 0 fully saturated rings. The number of carbonyl (C=O) groups excluding carboxylic acids is 1. The fourth-order valence-electron chi connectivity index (χ4n) is 2.39. The molecule has 140 valence electrons. The zero-order chi connectivity index (χ0) is 19.2. The molecular weight excluding hydrogens is 396 g/mol. The van der Waals surface area contributed by atoms with E-state index in [0.717, 1.165) is 0 Å². The van der Waals surface area contributed by atoms with Crippen molar-refractivity contribution in [2.45, 2.75) is 13.8 Å². The van der Waals surface area contributed by atoms with Gasteiger partial charge in [-0.25, -0.2) is 0 Å². The van der Waals surface area contributed by atoms with E-state index in [0.29, 0.717) is 5.69 Å². The van der Waals surface area contributed by atoms with Gasteiger partial charge in [0.25, 0.3) is 5.91 Å². The van der Waals surface area contributed by atoms with Crippen LogP contribution in [0.5, 0.6) is 0 Å². The quantitative estimate of drug-likeness (QED) is 0.506. The van der Waals surface area contributed by atoms with Crippen molar-refractivity contribution in [1.82, 2.24) is 0 Å². The maximum atomic E-state index is 13.2. The van der Waals surface area contributed by atoms with Crippen LogP contribution in [0.15, 0.2) is 48.5 Å². The highest BCUT2D eigenvalue weighted by molar-refractivity contribution is 7.54. The van der Waals surface area contributed by atoms with E-state index in [4.69, 9.17) is 32.2 Å². The minimum absolute atomic E-state index is 0.138. The first-order valence-electron chi connectivity index (χ1n) is 8.11. The molecule has 0 radical (unpaired) electrons. The van der Waals surface area contributed by atoms with E-state index in [-0.39, 0.29) is 35.1 Å². The van der Waals surface area contributed by atoms with Gasteiger partial charge in [0.2, 0.25) is 0 Å². The molecule has 2 aromatic carbocycles. The molecule has 0 spiro atoms. The van der Waals surface area contributed by atoms with Crippen LogP contribution < -0.4 is 4.90 Å². The van der Waals surface area contributed by atoms with Crippen molar-refractivity contribution in [2.75, 3.05) is 24.4 Å². The maximum absolute atomic E-state index is 13.2. The van der Waals surface area contributed by atoms with E-state index >= 15 is 0 Å². The van der Waals surface area contributed by atoms with Gasteiger partial charge in [-0.3, -0.25) is 14.3 Å². The number of hydrogen-bond donors (Lipinski definition) is 0. The van der Waals surface area contributed by atoms with Gasteiger partial charge in [0.1, 0.15) is 6.29 Å². The van der Waals surface area contributed by atoms with E-state index in [9.17, 15) is 9.36 Å². The molecule has 0 bridgehead atoms. The molecule has 2 rings (SSSR count). The molecule has 0 aromatic heterocycles. The highest BCUT2D eigenvalue weighted by Crippen LogP contribution is 2.49. The molecule has 0 aliphatic rings. The fourth-order valence-corrected chi connectivity index (χ4v) is 4.62. The van der Waals surface area contributed by atoms with Crippen molar-refractivity contribution in [3.05, 3.63) is 64.1 Å². The number of para-hydroxylation sites is 1. The van der Waals surface area contributed by atoms with Crippen molar-refractivity contribution >= 4 is 42.4 Å². The minimum atomic E-state index is -3.53. The number of hydrogen-bond acceptors (Lipinski definition) is 4. The van der Waals surface area contributed by atoms with Crippen molar-refractivity contribution < 1.29 is 18.4 Å². The van der Waals surface area contributed by atoms with Crippen LogP contribution in [0.1, 0.15) is 24.2 Å². The summed E-state index contributed by atoms with van der Waals surface area (Å²) in [6, 6.07) is 13.6. The zero-order valence-corrected chi connectivity index (χ0v) is 16.9. The number of halogens is 2. The lowest BCUT2D eigenvalue weighted by molar-refractivity contribution is 0.0987. The molecular formula is C18H20Cl2NO4P. The van der Waals surface area contributed by atoms with Gasteiger partial charge in [-0.05, 0) is 38.1 Å². The molecule has 0 aliphatic carbocycles. The van der Waals surface area contributed by atoms with Gasteiger partial charge in [-0.2, -0.15) is 0 Å². The average molecular weight is 416 g/mol. The van der Waals surface area contributed by atoms with Gasteiger partial charge in [0.05, 0.1) is 28.8 Å². The second-order valence-corrected chi connectivity index (χ2v) is 8.09. The van der Waals surface area contributed by atoms with Crippen LogP contribution in [0, 0.1) is 0 Å². The average Bonchev–Trinajstić information content (AvgIpc) is 2.60. The first-order valence-corrected chi connectivity index (χ1v) is 10.6. The maximum Gasteiger partial charge on any atom is 0.350 e. The molecule has 0 N–H and O–H groups in total. The standard InChI is InChI=1S/C18H20Cl2NO4P/c1-3-24-26(23,25-4-2)13-21(14-9-6-5-7-10-14)18(22)17-15(19)11-8-12-16(17)20/h5-12H,3-4,13H2,1-2H3. The van der Waals surface area contributed by atoms with Crippen molar-refractivity contribution in [1.29, 1.82) is 0 Å².